The average Bonchev–Trinajstić information content (AvgIpc) is 2.82. The van der Waals surface area contributed by atoms with Gasteiger partial charge in [-0.2, -0.15) is 0 Å². The van der Waals surface area contributed by atoms with Crippen LogP contribution in [0.5, 0.6) is 0 Å². The highest BCUT2D eigenvalue weighted by molar-refractivity contribution is 9.11. The summed E-state index contributed by atoms with van der Waals surface area (Å²) in [5.41, 5.74) is 1.21. The van der Waals surface area contributed by atoms with E-state index in [1.807, 2.05) is 12.1 Å². The van der Waals surface area contributed by atoms with Crippen molar-refractivity contribution in [2.24, 2.45) is 0 Å². The Balaban J connectivity index is 1.88. The highest BCUT2D eigenvalue weighted by Crippen LogP contribution is 2.21. The van der Waals surface area contributed by atoms with Gasteiger partial charge in [-0.25, -0.2) is 4.79 Å². The highest BCUT2D eigenvalue weighted by Gasteiger charge is 2.05. The number of urea groups is 1. The Bertz CT molecular complexity index is 657. The van der Waals surface area contributed by atoms with Crippen LogP contribution in [0.15, 0.2) is 40.2 Å². The number of benzene rings is 1. The van der Waals surface area contributed by atoms with Crippen molar-refractivity contribution in [1.82, 2.24) is 5.32 Å². The molecule has 0 atom stereocenters. The van der Waals surface area contributed by atoms with Gasteiger partial charge in [-0.1, -0.05) is 12.1 Å². The van der Waals surface area contributed by atoms with E-state index in [9.17, 15) is 9.59 Å². The van der Waals surface area contributed by atoms with E-state index < -0.39 is 5.97 Å². The number of hydrogen-bond acceptors (Lipinski definition) is 3. The lowest BCUT2D eigenvalue weighted by Crippen LogP contribution is -2.27. The Labute approximate surface area is 134 Å². The molecule has 0 fully saturated rings. The molecule has 1 aromatic carbocycles. The molecule has 0 radical (unpaired) electrons. The van der Waals surface area contributed by atoms with Gasteiger partial charge < -0.3 is 15.7 Å². The number of halogens is 1. The predicted octanol–water partition coefficient (Wildman–Crippen LogP) is 3.46. The minimum Gasteiger partial charge on any atom is -0.481 e. The smallest absolute Gasteiger partial charge is 0.319 e. The second-order valence-electron chi connectivity index (χ2n) is 4.28. The zero-order valence-electron chi connectivity index (χ0n) is 10.9. The van der Waals surface area contributed by atoms with Crippen LogP contribution in [0, 0.1) is 0 Å². The topological polar surface area (TPSA) is 78.4 Å². The third kappa shape index (κ3) is 5.20. The van der Waals surface area contributed by atoms with E-state index in [0.29, 0.717) is 17.8 Å². The van der Waals surface area contributed by atoms with Crippen LogP contribution in [0.25, 0.3) is 0 Å². The number of amides is 2. The number of carboxylic acid groups (broad SMARTS) is 1. The number of hydrogen-bond donors (Lipinski definition) is 3. The van der Waals surface area contributed by atoms with Crippen LogP contribution in [-0.4, -0.2) is 17.1 Å². The molecule has 0 bridgehead atoms. The van der Waals surface area contributed by atoms with Gasteiger partial charge in [-0.05, 0) is 45.8 Å². The van der Waals surface area contributed by atoms with E-state index in [-0.39, 0.29) is 12.5 Å². The minimum atomic E-state index is -0.903. The van der Waals surface area contributed by atoms with Gasteiger partial charge in [0.15, 0.2) is 0 Å². The monoisotopic (exact) mass is 368 g/mol. The Kier molecular flexibility index (Phi) is 5.35. The summed E-state index contributed by atoms with van der Waals surface area (Å²) < 4.78 is 1.01. The van der Waals surface area contributed by atoms with Gasteiger partial charge in [-0.3, -0.25) is 4.79 Å². The number of anilines is 1. The first-order chi connectivity index (χ1) is 10.0. The maximum Gasteiger partial charge on any atom is 0.319 e. The van der Waals surface area contributed by atoms with Crippen molar-refractivity contribution < 1.29 is 14.7 Å². The molecule has 110 valence electrons. The maximum atomic E-state index is 11.8. The molecular formula is C14H13BrN2O3S. The lowest BCUT2D eigenvalue weighted by Gasteiger charge is -2.08. The lowest BCUT2D eigenvalue weighted by atomic mass is 10.1. The highest BCUT2D eigenvalue weighted by atomic mass is 79.9. The number of thiophene rings is 1. The van der Waals surface area contributed by atoms with E-state index in [4.69, 9.17) is 5.11 Å². The van der Waals surface area contributed by atoms with Gasteiger partial charge in [0.05, 0.1) is 16.8 Å². The van der Waals surface area contributed by atoms with E-state index in [1.54, 1.807) is 35.6 Å². The van der Waals surface area contributed by atoms with Crippen LogP contribution in [-0.2, 0) is 17.8 Å². The van der Waals surface area contributed by atoms with Crippen LogP contribution in [0.2, 0.25) is 0 Å². The summed E-state index contributed by atoms with van der Waals surface area (Å²) in [6.07, 6.45) is -0.0691. The summed E-state index contributed by atoms with van der Waals surface area (Å²) >= 11 is 4.92. The number of aliphatic carboxylic acids is 1. The van der Waals surface area contributed by atoms with Crippen LogP contribution >= 0.6 is 27.3 Å². The number of carbonyl (C=O) groups excluding carboxylic acids is 1. The first-order valence-corrected chi connectivity index (χ1v) is 7.73. The Morgan fingerprint density at radius 3 is 2.71 bits per heavy atom. The van der Waals surface area contributed by atoms with E-state index in [0.717, 1.165) is 8.66 Å². The molecule has 2 rings (SSSR count). The number of carboxylic acids is 1. The van der Waals surface area contributed by atoms with Crippen molar-refractivity contribution >= 4 is 45.0 Å². The first-order valence-electron chi connectivity index (χ1n) is 6.13. The minimum absolute atomic E-state index is 0.0691. The van der Waals surface area contributed by atoms with Crippen molar-refractivity contribution in [3.8, 4) is 0 Å². The third-order valence-electron chi connectivity index (χ3n) is 2.59. The SMILES string of the molecule is O=C(O)Cc1cccc(NC(=O)NCc2ccc(Br)s2)c1. The Morgan fingerprint density at radius 1 is 1.24 bits per heavy atom. The fraction of sp³-hybridized carbons (Fsp3) is 0.143. The molecule has 0 aliphatic heterocycles. The normalized spacial score (nSPS) is 10.1. The standard InChI is InChI=1S/C14H13BrN2O3S/c15-12-5-4-11(21-12)8-16-14(20)17-10-3-1-2-9(6-10)7-13(18)19/h1-6H,7-8H2,(H,18,19)(H2,16,17,20). The summed E-state index contributed by atoms with van der Waals surface area (Å²) in [6, 6.07) is 10.3. The summed E-state index contributed by atoms with van der Waals surface area (Å²) in [5, 5.41) is 14.2. The molecule has 21 heavy (non-hydrogen) atoms. The molecule has 7 heteroatoms. The van der Waals surface area contributed by atoms with Crippen LogP contribution in [0.4, 0.5) is 10.5 Å². The predicted molar refractivity (Wildman–Crippen MR) is 85.7 cm³/mol. The van der Waals surface area contributed by atoms with Gasteiger partial charge in [0.2, 0.25) is 0 Å². The van der Waals surface area contributed by atoms with Crippen LogP contribution in [0.3, 0.4) is 0 Å². The molecule has 0 unspecified atom stereocenters. The maximum absolute atomic E-state index is 11.8. The van der Waals surface area contributed by atoms with E-state index >= 15 is 0 Å². The zero-order chi connectivity index (χ0) is 15.2. The Hall–Kier alpha value is -1.86. The van der Waals surface area contributed by atoms with Crippen LogP contribution < -0.4 is 10.6 Å². The zero-order valence-corrected chi connectivity index (χ0v) is 13.3. The molecule has 5 nitrogen and oxygen atoms in total. The second-order valence-corrected chi connectivity index (χ2v) is 6.83. The Morgan fingerprint density at radius 2 is 2.05 bits per heavy atom. The van der Waals surface area contributed by atoms with Crippen molar-refractivity contribution in [1.29, 1.82) is 0 Å². The van der Waals surface area contributed by atoms with Gasteiger partial charge in [0, 0.05) is 10.6 Å². The molecule has 2 aromatic rings. The fourth-order valence-electron chi connectivity index (χ4n) is 1.72. The molecular weight excluding hydrogens is 356 g/mol. The molecule has 0 spiro atoms. The average molecular weight is 369 g/mol. The summed E-state index contributed by atoms with van der Waals surface area (Å²) in [4.78, 5) is 23.5. The van der Waals surface area contributed by atoms with E-state index in [2.05, 4.69) is 26.6 Å². The molecule has 0 aliphatic rings. The number of nitrogens with one attached hydrogen (secondary N) is 2. The molecule has 2 amide bonds. The molecule has 0 saturated carbocycles. The summed E-state index contributed by atoms with van der Waals surface area (Å²) in [7, 11) is 0. The lowest BCUT2D eigenvalue weighted by molar-refractivity contribution is -0.136. The summed E-state index contributed by atoms with van der Waals surface area (Å²) in [6.45, 7) is 0.441. The summed E-state index contributed by atoms with van der Waals surface area (Å²) in [5.74, 6) is -0.903. The molecule has 3 N–H and O–H groups in total. The van der Waals surface area contributed by atoms with Crippen molar-refractivity contribution in [2.75, 3.05) is 5.32 Å². The van der Waals surface area contributed by atoms with Gasteiger partial charge in [-0.15, -0.1) is 11.3 Å². The van der Waals surface area contributed by atoms with Crippen molar-refractivity contribution in [3.63, 3.8) is 0 Å². The second kappa shape index (κ2) is 7.24. The number of rotatable bonds is 5. The van der Waals surface area contributed by atoms with Crippen LogP contribution in [0.1, 0.15) is 10.4 Å². The van der Waals surface area contributed by atoms with Gasteiger partial charge >= 0.3 is 12.0 Å². The largest absolute Gasteiger partial charge is 0.481 e. The molecule has 1 aromatic heterocycles. The van der Waals surface area contributed by atoms with Crippen molar-refractivity contribution in [3.05, 3.63) is 50.6 Å². The molecule has 1 heterocycles. The third-order valence-corrected chi connectivity index (χ3v) is 4.22. The first kappa shape index (κ1) is 15.5. The van der Waals surface area contributed by atoms with Gasteiger partial charge in [0.25, 0.3) is 0 Å². The number of carbonyl (C=O) groups is 2. The molecule has 0 aliphatic carbocycles. The molecule has 0 saturated heterocycles. The fourth-order valence-corrected chi connectivity index (χ4v) is 3.15. The van der Waals surface area contributed by atoms with E-state index in [1.165, 1.54) is 0 Å². The van der Waals surface area contributed by atoms with Crippen molar-refractivity contribution in [2.45, 2.75) is 13.0 Å². The quantitative estimate of drug-likeness (QED) is 0.755. The van der Waals surface area contributed by atoms with Gasteiger partial charge in [0.1, 0.15) is 0 Å².